The highest BCUT2D eigenvalue weighted by molar-refractivity contribution is 6.31. The molecule has 1 N–H and O–H groups in total. The summed E-state index contributed by atoms with van der Waals surface area (Å²) in [5.74, 6) is 0.696. The van der Waals surface area contributed by atoms with Gasteiger partial charge in [0.15, 0.2) is 5.82 Å². The molecule has 0 atom stereocenters. The summed E-state index contributed by atoms with van der Waals surface area (Å²) in [4.78, 5) is 4.51. The van der Waals surface area contributed by atoms with Crippen LogP contribution in [-0.4, -0.2) is 20.3 Å². The molecule has 0 unspecified atom stereocenters. The maximum Gasteiger partial charge on any atom is 0.153 e. The third-order valence-electron chi connectivity index (χ3n) is 2.48. The predicted octanol–water partition coefficient (Wildman–Crippen LogP) is 3.46. The highest BCUT2D eigenvalue weighted by Crippen LogP contribution is 2.18. The lowest BCUT2D eigenvalue weighted by atomic mass is 10.1. The van der Waals surface area contributed by atoms with Crippen molar-refractivity contribution in [2.75, 3.05) is 0 Å². The van der Waals surface area contributed by atoms with Crippen LogP contribution in [0.1, 0.15) is 26.5 Å². The molecule has 0 radical (unpaired) electrons. The van der Waals surface area contributed by atoms with Crippen LogP contribution in [-0.2, 0) is 6.54 Å². The van der Waals surface area contributed by atoms with Crippen LogP contribution in [0.25, 0.3) is 5.82 Å². The molecule has 6 heteroatoms. The molecule has 2 aromatic rings. The van der Waals surface area contributed by atoms with Crippen LogP contribution in [0.2, 0.25) is 10.0 Å². The van der Waals surface area contributed by atoms with Gasteiger partial charge in [0.25, 0.3) is 0 Å². The first-order chi connectivity index (χ1) is 8.85. The summed E-state index contributed by atoms with van der Waals surface area (Å²) in [6, 6.07) is 3.63. The van der Waals surface area contributed by atoms with Gasteiger partial charge in [0.1, 0.15) is 0 Å². The Morgan fingerprint density at radius 1 is 1.26 bits per heavy atom. The first kappa shape index (κ1) is 14.3. The van der Waals surface area contributed by atoms with E-state index >= 15 is 0 Å². The first-order valence-corrected chi connectivity index (χ1v) is 6.72. The smallest absolute Gasteiger partial charge is 0.153 e. The van der Waals surface area contributed by atoms with Crippen molar-refractivity contribution >= 4 is 23.2 Å². The molecule has 0 saturated carbocycles. The van der Waals surface area contributed by atoms with Crippen LogP contribution in [0.5, 0.6) is 0 Å². The summed E-state index contributed by atoms with van der Waals surface area (Å²) in [7, 11) is 0. The fraction of sp³-hybridized carbons (Fsp3) is 0.385. The fourth-order valence-corrected chi connectivity index (χ4v) is 1.81. The van der Waals surface area contributed by atoms with Crippen LogP contribution >= 0.6 is 23.2 Å². The van der Waals surface area contributed by atoms with E-state index in [2.05, 4.69) is 36.2 Å². The van der Waals surface area contributed by atoms with Gasteiger partial charge in [-0.25, -0.2) is 9.67 Å². The molecule has 0 amide bonds. The molecule has 102 valence electrons. The number of hydrogen-bond donors (Lipinski definition) is 1. The van der Waals surface area contributed by atoms with Gasteiger partial charge in [-0.15, -0.1) is 0 Å². The Hall–Kier alpha value is -1.10. The van der Waals surface area contributed by atoms with Gasteiger partial charge in [-0.2, -0.15) is 5.10 Å². The second kappa shape index (κ2) is 5.49. The molecule has 0 aromatic carbocycles. The van der Waals surface area contributed by atoms with Crippen molar-refractivity contribution in [2.24, 2.45) is 0 Å². The van der Waals surface area contributed by atoms with Crippen LogP contribution in [0.15, 0.2) is 24.5 Å². The van der Waals surface area contributed by atoms with Gasteiger partial charge >= 0.3 is 0 Å². The molecule has 19 heavy (non-hydrogen) atoms. The van der Waals surface area contributed by atoms with Gasteiger partial charge in [-0.3, -0.25) is 0 Å². The fourth-order valence-electron chi connectivity index (χ4n) is 1.50. The Bertz CT molecular complexity index is 572. The summed E-state index contributed by atoms with van der Waals surface area (Å²) in [6.45, 7) is 6.89. The van der Waals surface area contributed by atoms with E-state index in [0.29, 0.717) is 22.4 Å². The van der Waals surface area contributed by atoms with E-state index in [4.69, 9.17) is 23.2 Å². The minimum absolute atomic E-state index is 0.00994. The van der Waals surface area contributed by atoms with Crippen LogP contribution in [0.3, 0.4) is 0 Å². The molecule has 2 heterocycles. The number of pyridine rings is 1. The van der Waals surface area contributed by atoms with Crippen LogP contribution in [0.4, 0.5) is 0 Å². The SMILES string of the molecule is CC(C)(C)NCc1nc(-n2cc(Cl)cn2)ccc1Cl. The molecule has 0 saturated heterocycles. The molecule has 0 fully saturated rings. The number of nitrogens with zero attached hydrogens (tertiary/aromatic N) is 3. The second-order valence-corrected chi connectivity index (χ2v) is 6.15. The van der Waals surface area contributed by atoms with Crippen molar-refractivity contribution in [3.05, 3.63) is 40.3 Å². The van der Waals surface area contributed by atoms with Crippen molar-refractivity contribution < 1.29 is 0 Å². The maximum atomic E-state index is 6.16. The Balaban J connectivity index is 2.24. The van der Waals surface area contributed by atoms with Gasteiger partial charge in [0.2, 0.25) is 0 Å². The van der Waals surface area contributed by atoms with E-state index < -0.39 is 0 Å². The lowest BCUT2D eigenvalue weighted by Gasteiger charge is -2.20. The van der Waals surface area contributed by atoms with Crippen molar-refractivity contribution in [2.45, 2.75) is 32.9 Å². The van der Waals surface area contributed by atoms with E-state index in [1.54, 1.807) is 17.1 Å². The highest BCUT2D eigenvalue weighted by Gasteiger charge is 2.12. The molecule has 0 bridgehead atoms. The van der Waals surface area contributed by atoms with Gasteiger partial charge in [-0.1, -0.05) is 23.2 Å². The van der Waals surface area contributed by atoms with Crippen LogP contribution in [0, 0.1) is 0 Å². The zero-order valence-electron chi connectivity index (χ0n) is 11.1. The van der Waals surface area contributed by atoms with Crippen molar-refractivity contribution in [1.82, 2.24) is 20.1 Å². The lowest BCUT2D eigenvalue weighted by Crippen LogP contribution is -2.35. The van der Waals surface area contributed by atoms with Gasteiger partial charge < -0.3 is 5.32 Å². The van der Waals surface area contributed by atoms with Crippen molar-refractivity contribution in [1.29, 1.82) is 0 Å². The molecule has 0 aliphatic carbocycles. The van der Waals surface area contributed by atoms with Gasteiger partial charge in [0, 0.05) is 12.1 Å². The zero-order chi connectivity index (χ0) is 14.0. The Labute approximate surface area is 122 Å². The molecular weight excluding hydrogens is 283 g/mol. The lowest BCUT2D eigenvalue weighted by molar-refractivity contribution is 0.421. The third kappa shape index (κ3) is 3.93. The van der Waals surface area contributed by atoms with E-state index in [-0.39, 0.29) is 5.54 Å². The molecular formula is C13H16Cl2N4. The molecule has 2 aromatic heterocycles. The number of halogens is 2. The zero-order valence-corrected chi connectivity index (χ0v) is 12.6. The van der Waals surface area contributed by atoms with E-state index in [1.165, 1.54) is 0 Å². The number of aromatic nitrogens is 3. The third-order valence-corrected chi connectivity index (χ3v) is 3.02. The largest absolute Gasteiger partial charge is 0.306 e. The van der Waals surface area contributed by atoms with Crippen LogP contribution < -0.4 is 5.32 Å². The number of hydrogen-bond acceptors (Lipinski definition) is 3. The normalized spacial score (nSPS) is 11.8. The second-order valence-electron chi connectivity index (χ2n) is 5.30. The maximum absolute atomic E-state index is 6.16. The minimum Gasteiger partial charge on any atom is -0.306 e. The van der Waals surface area contributed by atoms with Crippen molar-refractivity contribution in [3.8, 4) is 5.82 Å². The molecule has 0 aliphatic heterocycles. The molecule has 0 spiro atoms. The van der Waals surface area contributed by atoms with E-state index in [9.17, 15) is 0 Å². The summed E-state index contributed by atoms with van der Waals surface area (Å²) in [5.41, 5.74) is 0.802. The Morgan fingerprint density at radius 3 is 2.58 bits per heavy atom. The molecule has 0 aliphatic rings. The summed E-state index contributed by atoms with van der Waals surface area (Å²) < 4.78 is 1.62. The van der Waals surface area contributed by atoms with E-state index in [0.717, 1.165) is 5.69 Å². The summed E-state index contributed by atoms with van der Waals surface area (Å²) >= 11 is 12.0. The topological polar surface area (TPSA) is 42.7 Å². The molecule has 4 nitrogen and oxygen atoms in total. The Kier molecular flexibility index (Phi) is 4.13. The van der Waals surface area contributed by atoms with E-state index in [1.807, 2.05) is 12.1 Å². The van der Waals surface area contributed by atoms with Gasteiger partial charge in [-0.05, 0) is 32.9 Å². The number of rotatable bonds is 3. The Morgan fingerprint density at radius 2 is 2.00 bits per heavy atom. The summed E-state index contributed by atoms with van der Waals surface area (Å²) in [6.07, 6.45) is 3.28. The predicted molar refractivity (Wildman–Crippen MR) is 78.0 cm³/mol. The molecule has 2 rings (SSSR count). The summed E-state index contributed by atoms with van der Waals surface area (Å²) in [5, 5.41) is 8.70. The monoisotopic (exact) mass is 298 g/mol. The number of nitrogens with one attached hydrogen (secondary N) is 1. The minimum atomic E-state index is 0.00994. The first-order valence-electron chi connectivity index (χ1n) is 5.96. The van der Waals surface area contributed by atoms with Crippen molar-refractivity contribution in [3.63, 3.8) is 0 Å². The quantitative estimate of drug-likeness (QED) is 0.943. The highest BCUT2D eigenvalue weighted by atomic mass is 35.5. The average Bonchev–Trinajstić information content (AvgIpc) is 2.74. The van der Waals surface area contributed by atoms with Gasteiger partial charge in [0.05, 0.1) is 28.1 Å². The standard InChI is InChI=1S/C13H16Cl2N4/c1-13(2,3)16-7-11-10(15)4-5-12(18-11)19-8-9(14)6-17-19/h4-6,8,16H,7H2,1-3H3. The average molecular weight is 299 g/mol.